The zero-order chi connectivity index (χ0) is 14.4. The molecule has 1 saturated carbocycles. The van der Waals surface area contributed by atoms with Crippen LogP contribution in [0.5, 0.6) is 0 Å². The van der Waals surface area contributed by atoms with E-state index in [1.54, 1.807) is 4.90 Å². The molecule has 20 heavy (non-hydrogen) atoms. The Balaban J connectivity index is 1.97. The van der Waals surface area contributed by atoms with E-state index in [1.807, 2.05) is 0 Å². The van der Waals surface area contributed by atoms with Gasteiger partial charge in [-0.2, -0.15) is 0 Å². The van der Waals surface area contributed by atoms with Crippen molar-refractivity contribution < 1.29 is 14.3 Å². The van der Waals surface area contributed by atoms with Gasteiger partial charge in [-0.05, 0) is 19.3 Å². The number of amides is 2. The summed E-state index contributed by atoms with van der Waals surface area (Å²) in [7, 11) is 0. The molecule has 2 amide bonds. The summed E-state index contributed by atoms with van der Waals surface area (Å²) in [6, 6.07) is 0. The molecule has 5 heteroatoms. The van der Waals surface area contributed by atoms with Crippen LogP contribution in [0.25, 0.3) is 0 Å². The zero-order valence-electron chi connectivity index (χ0n) is 12.5. The zero-order valence-corrected chi connectivity index (χ0v) is 12.5. The SMILES string of the molecule is CCCCOCCN1C(=O)CNC(=O)C12CCCCC2. The number of unbranched alkanes of at least 4 members (excludes halogenated alkanes) is 1. The Morgan fingerprint density at radius 2 is 1.95 bits per heavy atom. The lowest BCUT2D eigenvalue weighted by molar-refractivity contribution is -0.157. The largest absolute Gasteiger partial charge is 0.380 e. The molecule has 0 bridgehead atoms. The summed E-state index contributed by atoms with van der Waals surface area (Å²) >= 11 is 0. The number of nitrogens with zero attached hydrogens (tertiary/aromatic N) is 1. The number of hydrogen-bond acceptors (Lipinski definition) is 3. The van der Waals surface area contributed by atoms with E-state index in [2.05, 4.69) is 12.2 Å². The molecule has 0 unspecified atom stereocenters. The fraction of sp³-hybridized carbons (Fsp3) is 0.867. The van der Waals surface area contributed by atoms with Crippen LogP contribution in [-0.4, -0.2) is 48.6 Å². The average Bonchev–Trinajstić information content (AvgIpc) is 2.47. The Kier molecular flexibility index (Phi) is 5.40. The molecule has 5 nitrogen and oxygen atoms in total. The second-order valence-electron chi connectivity index (χ2n) is 5.79. The van der Waals surface area contributed by atoms with Gasteiger partial charge < -0.3 is 15.0 Å². The van der Waals surface area contributed by atoms with Crippen LogP contribution in [0, 0.1) is 0 Å². The topological polar surface area (TPSA) is 58.6 Å². The number of piperazine rings is 1. The van der Waals surface area contributed by atoms with Gasteiger partial charge in [-0.25, -0.2) is 0 Å². The molecule has 1 heterocycles. The lowest BCUT2D eigenvalue weighted by Crippen LogP contribution is -2.68. The third-order valence-corrected chi connectivity index (χ3v) is 4.42. The van der Waals surface area contributed by atoms with E-state index in [1.165, 1.54) is 0 Å². The van der Waals surface area contributed by atoms with E-state index < -0.39 is 5.54 Å². The minimum atomic E-state index is -0.596. The van der Waals surface area contributed by atoms with Crippen molar-refractivity contribution in [3.05, 3.63) is 0 Å². The average molecular weight is 282 g/mol. The first-order valence-electron chi connectivity index (χ1n) is 7.87. The van der Waals surface area contributed by atoms with Crippen LogP contribution in [0.2, 0.25) is 0 Å². The Hall–Kier alpha value is -1.10. The fourth-order valence-corrected chi connectivity index (χ4v) is 3.25. The van der Waals surface area contributed by atoms with E-state index >= 15 is 0 Å². The highest BCUT2D eigenvalue weighted by molar-refractivity contribution is 5.98. The first-order valence-corrected chi connectivity index (χ1v) is 7.87. The second kappa shape index (κ2) is 7.07. The van der Waals surface area contributed by atoms with Gasteiger partial charge in [0.25, 0.3) is 0 Å². The highest BCUT2D eigenvalue weighted by Gasteiger charge is 2.49. The van der Waals surface area contributed by atoms with Crippen molar-refractivity contribution in [3.63, 3.8) is 0 Å². The molecular weight excluding hydrogens is 256 g/mol. The maximum atomic E-state index is 12.3. The first kappa shape index (κ1) is 15.3. The maximum Gasteiger partial charge on any atom is 0.246 e. The van der Waals surface area contributed by atoms with E-state index in [0.29, 0.717) is 13.2 Å². The van der Waals surface area contributed by atoms with E-state index in [0.717, 1.165) is 51.6 Å². The van der Waals surface area contributed by atoms with E-state index in [-0.39, 0.29) is 18.4 Å². The molecule has 2 fully saturated rings. The molecule has 0 aromatic carbocycles. The molecule has 2 rings (SSSR count). The Labute approximate surface area is 121 Å². The van der Waals surface area contributed by atoms with Crippen LogP contribution >= 0.6 is 0 Å². The summed E-state index contributed by atoms with van der Waals surface area (Å²) in [6.45, 7) is 4.06. The van der Waals surface area contributed by atoms with Crippen molar-refractivity contribution in [2.45, 2.75) is 57.4 Å². The van der Waals surface area contributed by atoms with Crippen molar-refractivity contribution in [2.75, 3.05) is 26.3 Å². The third-order valence-electron chi connectivity index (χ3n) is 4.42. The van der Waals surface area contributed by atoms with Crippen LogP contribution in [-0.2, 0) is 14.3 Å². The number of ether oxygens (including phenoxy) is 1. The van der Waals surface area contributed by atoms with Crippen LogP contribution in [0.3, 0.4) is 0 Å². The minimum Gasteiger partial charge on any atom is -0.380 e. The molecule has 0 radical (unpaired) electrons. The first-order chi connectivity index (χ1) is 9.70. The van der Waals surface area contributed by atoms with Crippen LogP contribution in [0.15, 0.2) is 0 Å². The molecule has 1 aliphatic carbocycles. The van der Waals surface area contributed by atoms with Crippen molar-refractivity contribution >= 4 is 11.8 Å². The highest BCUT2D eigenvalue weighted by atomic mass is 16.5. The predicted octanol–water partition coefficient (Wildman–Crippen LogP) is 1.46. The maximum absolute atomic E-state index is 12.3. The predicted molar refractivity (Wildman–Crippen MR) is 76.3 cm³/mol. The van der Waals surface area contributed by atoms with Gasteiger partial charge in [0.2, 0.25) is 11.8 Å². The summed E-state index contributed by atoms with van der Waals surface area (Å²) < 4.78 is 5.57. The summed E-state index contributed by atoms with van der Waals surface area (Å²) in [6.07, 6.45) is 6.93. The van der Waals surface area contributed by atoms with Gasteiger partial charge in [0.1, 0.15) is 5.54 Å². The molecular formula is C15H26N2O3. The van der Waals surface area contributed by atoms with Crippen molar-refractivity contribution in [2.24, 2.45) is 0 Å². The molecule has 1 spiro atoms. The fourth-order valence-electron chi connectivity index (χ4n) is 3.25. The smallest absolute Gasteiger partial charge is 0.246 e. The number of carbonyl (C=O) groups excluding carboxylic acids is 2. The van der Waals surface area contributed by atoms with Gasteiger partial charge in [-0.1, -0.05) is 32.6 Å². The molecule has 2 aliphatic rings. The van der Waals surface area contributed by atoms with Crippen molar-refractivity contribution in [1.29, 1.82) is 0 Å². The highest BCUT2D eigenvalue weighted by Crippen LogP contribution is 2.35. The molecule has 1 N–H and O–H groups in total. The normalized spacial score (nSPS) is 22.1. The molecule has 1 saturated heterocycles. The Morgan fingerprint density at radius 1 is 1.20 bits per heavy atom. The summed E-state index contributed by atoms with van der Waals surface area (Å²) in [5.74, 6) is 0.0657. The summed E-state index contributed by atoms with van der Waals surface area (Å²) in [4.78, 5) is 26.3. The molecule has 0 aromatic heterocycles. The number of carbonyl (C=O) groups is 2. The quantitative estimate of drug-likeness (QED) is 0.750. The lowest BCUT2D eigenvalue weighted by atomic mass is 9.78. The number of hydrogen-bond donors (Lipinski definition) is 1. The standard InChI is InChI=1S/C15H26N2O3/c1-2-3-10-20-11-9-17-13(18)12-16-14(19)15(17)7-5-4-6-8-15/h2-12H2,1H3,(H,16,19). The summed E-state index contributed by atoms with van der Waals surface area (Å²) in [5, 5.41) is 2.76. The van der Waals surface area contributed by atoms with Gasteiger partial charge in [-0.15, -0.1) is 0 Å². The van der Waals surface area contributed by atoms with E-state index in [4.69, 9.17) is 4.74 Å². The Bertz CT molecular complexity index is 351. The van der Waals surface area contributed by atoms with Gasteiger partial charge in [0.15, 0.2) is 0 Å². The van der Waals surface area contributed by atoms with Crippen LogP contribution in [0.1, 0.15) is 51.9 Å². The van der Waals surface area contributed by atoms with Gasteiger partial charge in [-0.3, -0.25) is 9.59 Å². The van der Waals surface area contributed by atoms with Gasteiger partial charge >= 0.3 is 0 Å². The van der Waals surface area contributed by atoms with Gasteiger partial charge in [0.05, 0.1) is 13.2 Å². The van der Waals surface area contributed by atoms with Crippen molar-refractivity contribution in [3.8, 4) is 0 Å². The summed E-state index contributed by atoms with van der Waals surface area (Å²) in [5.41, 5.74) is -0.596. The third kappa shape index (κ3) is 3.14. The second-order valence-corrected chi connectivity index (χ2v) is 5.79. The molecule has 1 aliphatic heterocycles. The molecule has 0 atom stereocenters. The van der Waals surface area contributed by atoms with Gasteiger partial charge in [0, 0.05) is 13.2 Å². The van der Waals surface area contributed by atoms with Crippen LogP contribution < -0.4 is 5.32 Å². The van der Waals surface area contributed by atoms with Crippen LogP contribution in [0.4, 0.5) is 0 Å². The minimum absolute atomic E-state index is 0.0327. The molecule has 114 valence electrons. The number of nitrogens with one attached hydrogen (secondary N) is 1. The van der Waals surface area contributed by atoms with E-state index in [9.17, 15) is 9.59 Å². The monoisotopic (exact) mass is 282 g/mol. The van der Waals surface area contributed by atoms with Crippen molar-refractivity contribution in [1.82, 2.24) is 10.2 Å². The Morgan fingerprint density at radius 3 is 2.65 bits per heavy atom. The number of rotatable bonds is 6. The lowest BCUT2D eigenvalue weighted by Gasteiger charge is -2.47. The molecule has 0 aromatic rings.